The highest BCUT2D eigenvalue weighted by Crippen LogP contribution is 2.35. The van der Waals surface area contributed by atoms with Gasteiger partial charge in [-0.25, -0.2) is 8.42 Å². The van der Waals surface area contributed by atoms with Gasteiger partial charge >= 0.3 is 0 Å². The van der Waals surface area contributed by atoms with E-state index < -0.39 is 16.1 Å². The average Bonchev–Trinajstić information content (AvgIpc) is 2.65. The second kappa shape index (κ2) is 8.32. The molecule has 0 bridgehead atoms. The number of ether oxygens (including phenoxy) is 2. The first-order valence-corrected chi connectivity index (χ1v) is 11.2. The van der Waals surface area contributed by atoms with Crippen LogP contribution in [-0.2, 0) is 14.8 Å². The van der Waals surface area contributed by atoms with Crippen molar-refractivity contribution < 1.29 is 22.7 Å². The Balaban J connectivity index is 1.68. The Labute approximate surface area is 171 Å². The van der Waals surface area contributed by atoms with Crippen LogP contribution < -0.4 is 19.1 Å². The van der Waals surface area contributed by atoms with Crippen molar-refractivity contribution in [3.63, 3.8) is 0 Å². The summed E-state index contributed by atoms with van der Waals surface area (Å²) >= 11 is 0. The molecule has 7 nitrogen and oxygen atoms in total. The minimum absolute atomic E-state index is 0.0769. The second-order valence-corrected chi connectivity index (χ2v) is 9.26. The van der Waals surface area contributed by atoms with Gasteiger partial charge in [0, 0.05) is 0 Å². The van der Waals surface area contributed by atoms with Crippen molar-refractivity contribution in [1.82, 2.24) is 5.32 Å². The lowest BCUT2D eigenvalue weighted by Crippen LogP contribution is -2.52. The molecule has 0 fully saturated rings. The molecule has 2 atom stereocenters. The van der Waals surface area contributed by atoms with Gasteiger partial charge in [0.1, 0.15) is 18.1 Å². The van der Waals surface area contributed by atoms with Gasteiger partial charge in [0.2, 0.25) is 10.0 Å². The maximum absolute atomic E-state index is 12.7. The third kappa shape index (κ3) is 5.00. The Bertz CT molecular complexity index is 1010. The molecular weight excluding hydrogens is 392 g/mol. The van der Waals surface area contributed by atoms with E-state index in [0.717, 1.165) is 23.1 Å². The average molecular weight is 419 g/mol. The first kappa shape index (κ1) is 21.0. The first-order chi connectivity index (χ1) is 13.6. The van der Waals surface area contributed by atoms with E-state index in [-0.39, 0.29) is 25.1 Å². The first-order valence-electron chi connectivity index (χ1n) is 9.39. The number of carbonyl (C=O) groups is 1. The molecule has 1 N–H and O–H groups in total. The van der Waals surface area contributed by atoms with Gasteiger partial charge < -0.3 is 14.8 Å². The van der Waals surface area contributed by atoms with Crippen LogP contribution in [0.4, 0.5) is 5.69 Å². The Morgan fingerprint density at radius 1 is 1.28 bits per heavy atom. The lowest BCUT2D eigenvalue weighted by Gasteiger charge is -2.34. The molecule has 2 unspecified atom stereocenters. The number of nitrogens with zero attached hydrogens (tertiary/aromatic N) is 1. The minimum Gasteiger partial charge on any atom is -0.491 e. The third-order valence-electron chi connectivity index (χ3n) is 4.65. The SMILES string of the molecule is Cc1ccc2c(c1)N(S(C)(=O)=O)CC(C(=O)NC(C)COc1ccccc1C)O2. The fraction of sp³-hybridized carbons (Fsp3) is 0.381. The largest absolute Gasteiger partial charge is 0.491 e. The summed E-state index contributed by atoms with van der Waals surface area (Å²) in [6, 6.07) is 12.6. The van der Waals surface area contributed by atoms with Crippen LogP contribution in [0.2, 0.25) is 0 Å². The van der Waals surface area contributed by atoms with Gasteiger partial charge in [-0.1, -0.05) is 24.3 Å². The molecule has 2 aromatic rings. The number of rotatable bonds is 6. The van der Waals surface area contributed by atoms with Gasteiger partial charge in [-0.05, 0) is 50.1 Å². The summed E-state index contributed by atoms with van der Waals surface area (Å²) in [4.78, 5) is 12.7. The van der Waals surface area contributed by atoms with Crippen LogP contribution in [0.5, 0.6) is 11.5 Å². The molecule has 0 aromatic heterocycles. The number of amides is 1. The fourth-order valence-electron chi connectivity index (χ4n) is 3.12. The Morgan fingerprint density at radius 2 is 2.00 bits per heavy atom. The molecule has 29 heavy (non-hydrogen) atoms. The van der Waals surface area contributed by atoms with Crippen LogP contribution in [0.1, 0.15) is 18.1 Å². The zero-order valence-electron chi connectivity index (χ0n) is 17.0. The van der Waals surface area contributed by atoms with Gasteiger partial charge in [-0.15, -0.1) is 0 Å². The van der Waals surface area contributed by atoms with E-state index in [1.165, 1.54) is 4.31 Å². The topological polar surface area (TPSA) is 84.9 Å². The number of nitrogens with one attached hydrogen (secondary N) is 1. The number of anilines is 1. The van der Waals surface area contributed by atoms with Crippen LogP contribution >= 0.6 is 0 Å². The molecule has 1 aliphatic rings. The molecule has 156 valence electrons. The summed E-state index contributed by atoms with van der Waals surface area (Å²) in [6.07, 6.45) is 0.179. The molecule has 1 amide bonds. The molecule has 0 spiro atoms. The third-order valence-corrected chi connectivity index (χ3v) is 5.79. The van der Waals surface area contributed by atoms with Crippen molar-refractivity contribution in [2.24, 2.45) is 0 Å². The Morgan fingerprint density at radius 3 is 2.69 bits per heavy atom. The molecule has 3 rings (SSSR count). The smallest absolute Gasteiger partial charge is 0.263 e. The number of hydrogen-bond donors (Lipinski definition) is 1. The van der Waals surface area contributed by atoms with Gasteiger partial charge in [0.25, 0.3) is 5.91 Å². The Hall–Kier alpha value is -2.74. The van der Waals surface area contributed by atoms with E-state index in [2.05, 4.69) is 5.32 Å². The van der Waals surface area contributed by atoms with E-state index >= 15 is 0 Å². The number of aryl methyl sites for hydroxylation is 2. The maximum Gasteiger partial charge on any atom is 0.263 e. The summed E-state index contributed by atoms with van der Waals surface area (Å²) in [7, 11) is -3.55. The number of sulfonamides is 1. The maximum atomic E-state index is 12.7. The molecule has 0 saturated heterocycles. The van der Waals surface area contributed by atoms with Gasteiger partial charge in [-0.3, -0.25) is 9.10 Å². The van der Waals surface area contributed by atoms with Gasteiger partial charge in [-0.2, -0.15) is 0 Å². The lowest BCUT2D eigenvalue weighted by molar-refractivity contribution is -0.128. The van der Waals surface area contributed by atoms with Crippen molar-refractivity contribution in [2.45, 2.75) is 32.9 Å². The van der Waals surface area contributed by atoms with E-state index in [9.17, 15) is 13.2 Å². The van der Waals surface area contributed by atoms with Crippen LogP contribution in [-0.4, -0.2) is 45.9 Å². The van der Waals surface area contributed by atoms with Gasteiger partial charge in [0.15, 0.2) is 6.10 Å². The predicted octanol–water partition coefficient (Wildman–Crippen LogP) is 2.41. The molecule has 8 heteroatoms. The molecule has 0 saturated carbocycles. The molecule has 1 heterocycles. The summed E-state index contributed by atoms with van der Waals surface area (Å²) < 4.78 is 37.3. The van der Waals surface area contributed by atoms with Crippen LogP contribution in [0.15, 0.2) is 42.5 Å². The molecule has 1 aliphatic heterocycles. The van der Waals surface area contributed by atoms with Crippen molar-refractivity contribution in [3.8, 4) is 11.5 Å². The lowest BCUT2D eigenvalue weighted by atomic mass is 10.1. The van der Waals surface area contributed by atoms with Gasteiger partial charge in [0.05, 0.1) is 24.5 Å². The highest BCUT2D eigenvalue weighted by Gasteiger charge is 2.35. The summed E-state index contributed by atoms with van der Waals surface area (Å²) in [6.45, 7) is 5.86. The molecule has 0 aliphatic carbocycles. The van der Waals surface area contributed by atoms with E-state index in [0.29, 0.717) is 11.4 Å². The minimum atomic E-state index is -3.55. The van der Waals surface area contributed by atoms with Crippen molar-refractivity contribution in [1.29, 1.82) is 0 Å². The summed E-state index contributed by atoms with van der Waals surface area (Å²) in [5.74, 6) is 0.747. The van der Waals surface area contributed by atoms with Crippen molar-refractivity contribution in [3.05, 3.63) is 53.6 Å². The normalized spacial score (nSPS) is 17.1. The number of carbonyl (C=O) groups excluding carboxylic acids is 1. The quantitative estimate of drug-likeness (QED) is 0.779. The highest BCUT2D eigenvalue weighted by atomic mass is 32.2. The monoisotopic (exact) mass is 418 g/mol. The zero-order valence-corrected chi connectivity index (χ0v) is 17.8. The number of hydrogen-bond acceptors (Lipinski definition) is 5. The predicted molar refractivity (Wildman–Crippen MR) is 112 cm³/mol. The van der Waals surface area contributed by atoms with Crippen molar-refractivity contribution >= 4 is 21.6 Å². The van der Waals surface area contributed by atoms with E-state index in [1.807, 2.05) is 51.1 Å². The van der Waals surface area contributed by atoms with Crippen LogP contribution in [0.3, 0.4) is 0 Å². The molecule has 2 aromatic carbocycles. The zero-order chi connectivity index (χ0) is 21.2. The molecular formula is C21H26N2O5S. The molecule has 0 radical (unpaired) electrons. The van der Waals surface area contributed by atoms with Crippen LogP contribution in [0.25, 0.3) is 0 Å². The summed E-state index contributed by atoms with van der Waals surface area (Å²) in [5, 5.41) is 2.84. The second-order valence-electron chi connectivity index (χ2n) is 7.36. The fourth-order valence-corrected chi connectivity index (χ4v) is 4.03. The standard InChI is InChI=1S/C21H26N2O5S/c1-14-9-10-19-17(11-14)23(29(4,25)26)12-20(28-19)21(24)22-16(3)13-27-18-8-6-5-7-15(18)2/h5-11,16,20H,12-13H2,1-4H3,(H,22,24). The number of para-hydroxylation sites is 1. The summed E-state index contributed by atoms with van der Waals surface area (Å²) in [5.41, 5.74) is 2.37. The number of fused-ring (bicyclic) bond motifs is 1. The van der Waals surface area contributed by atoms with E-state index in [4.69, 9.17) is 9.47 Å². The van der Waals surface area contributed by atoms with Crippen LogP contribution in [0, 0.1) is 13.8 Å². The highest BCUT2D eigenvalue weighted by molar-refractivity contribution is 7.92. The van der Waals surface area contributed by atoms with E-state index in [1.54, 1.807) is 12.1 Å². The number of benzene rings is 2. The Kier molecular flexibility index (Phi) is 6.02. The van der Waals surface area contributed by atoms with Crippen molar-refractivity contribution in [2.75, 3.05) is 23.7 Å².